The van der Waals surface area contributed by atoms with Crippen molar-refractivity contribution in [3.05, 3.63) is 30.3 Å². The Morgan fingerprint density at radius 2 is 2.12 bits per heavy atom. The van der Waals surface area contributed by atoms with Gasteiger partial charge in [-0.15, -0.1) is 0 Å². The molecular weight excluding hydrogens is 318 g/mol. The van der Waals surface area contributed by atoms with E-state index >= 15 is 0 Å². The van der Waals surface area contributed by atoms with Gasteiger partial charge in [-0.05, 0) is 19.8 Å². The van der Waals surface area contributed by atoms with Crippen LogP contribution in [-0.2, 0) is 16.6 Å². The van der Waals surface area contributed by atoms with Crippen LogP contribution < -0.4 is 5.32 Å². The Bertz CT molecular complexity index is 893. The first kappa shape index (κ1) is 15.8. The van der Waals surface area contributed by atoms with Crippen LogP contribution in [0.15, 0.2) is 30.3 Å². The molecule has 0 spiro atoms. The Labute approximate surface area is 145 Å². The van der Waals surface area contributed by atoms with Gasteiger partial charge in [0.2, 0.25) is 5.91 Å². The molecule has 4 rings (SSSR count). The van der Waals surface area contributed by atoms with E-state index in [1.54, 1.807) is 4.68 Å². The molecule has 2 heterocycles. The molecule has 0 unspecified atom stereocenters. The van der Waals surface area contributed by atoms with Crippen LogP contribution in [0, 0.1) is 5.92 Å². The molecule has 1 amide bonds. The number of anilines is 1. The first-order valence-electron chi connectivity index (χ1n) is 8.56. The summed E-state index contributed by atoms with van der Waals surface area (Å²) in [5.74, 6) is 0.600. The van der Waals surface area contributed by atoms with Crippen LogP contribution >= 0.6 is 0 Å². The third-order valence-corrected chi connectivity index (χ3v) is 4.70. The molecule has 0 saturated heterocycles. The maximum absolute atomic E-state index is 12.5. The molecule has 1 aliphatic rings. The average Bonchev–Trinajstić information content (AvgIpc) is 3.13. The number of nitrogens with one attached hydrogen (secondary N) is 2. The van der Waals surface area contributed by atoms with E-state index in [9.17, 15) is 4.79 Å². The lowest BCUT2D eigenvalue weighted by Gasteiger charge is -2.33. The normalized spacial score (nSPS) is 19.8. The van der Waals surface area contributed by atoms with Gasteiger partial charge in [-0.1, -0.05) is 30.3 Å². The number of hydrogen-bond donors (Lipinski definition) is 2. The number of aryl methyl sites for hydroxylation is 1. The highest BCUT2D eigenvalue weighted by molar-refractivity contribution is 6.05. The summed E-state index contributed by atoms with van der Waals surface area (Å²) in [5, 5.41) is 15.6. The number of aromatic amines is 1. The van der Waals surface area contributed by atoms with Gasteiger partial charge in [0.25, 0.3) is 0 Å². The van der Waals surface area contributed by atoms with E-state index in [1.165, 1.54) is 0 Å². The van der Waals surface area contributed by atoms with Crippen molar-refractivity contribution in [2.45, 2.75) is 25.9 Å². The fourth-order valence-electron chi connectivity index (χ4n) is 3.30. The molecule has 7 nitrogen and oxygen atoms in total. The molecule has 1 aromatic carbocycles. The minimum Gasteiger partial charge on any atom is -0.378 e. The second kappa shape index (κ2) is 6.33. The molecular formula is C18H21N5O2. The number of fused-ring (bicyclic) bond motifs is 1. The molecule has 0 bridgehead atoms. The second-order valence-corrected chi connectivity index (χ2v) is 6.37. The highest BCUT2D eigenvalue weighted by Crippen LogP contribution is 2.34. The summed E-state index contributed by atoms with van der Waals surface area (Å²) < 4.78 is 7.25. The van der Waals surface area contributed by atoms with Gasteiger partial charge in [0.1, 0.15) is 11.5 Å². The van der Waals surface area contributed by atoms with Gasteiger partial charge >= 0.3 is 0 Å². The summed E-state index contributed by atoms with van der Waals surface area (Å²) in [6, 6.07) is 9.90. The summed E-state index contributed by atoms with van der Waals surface area (Å²) in [6.45, 7) is 2.67. The smallest absolute Gasteiger partial charge is 0.228 e. The van der Waals surface area contributed by atoms with Gasteiger partial charge in [0.05, 0.1) is 11.5 Å². The van der Waals surface area contributed by atoms with Gasteiger partial charge in [-0.25, -0.2) is 4.68 Å². The van der Waals surface area contributed by atoms with Crippen LogP contribution in [0.4, 0.5) is 5.82 Å². The van der Waals surface area contributed by atoms with Crippen molar-refractivity contribution >= 4 is 22.8 Å². The maximum Gasteiger partial charge on any atom is 0.228 e. The van der Waals surface area contributed by atoms with Gasteiger partial charge in [-0.3, -0.25) is 9.89 Å². The number of amides is 1. The van der Waals surface area contributed by atoms with Crippen molar-refractivity contribution in [1.29, 1.82) is 0 Å². The minimum atomic E-state index is -0.00764. The molecule has 1 aliphatic carbocycles. The Kier molecular flexibility index (Phi) is 4.01. The van der Waals surface area contributed by atoms with E-state index in [0.29, 0.717) is 12.4 Å². The van der Waals surface area contributed by atoms with Gasteiger partial charge in [0.15, 0.2) is 5.65 Å². The zero-order chi connectivity index (χ0) is 17.4. The number of ether oxygens (including phenoxy) is 1. The Morgan fingerprint density at radius 3 is 2.84 bits per heavy atom. The zero-order valence-corrected chi connectivity index (χ0v) is 14.3. The molecule has 3 aromatic rings. The van der Waals surface area contributed by atoms with E-state index in [0.717, 1.165) is 35.1 Å². The highest BCUT2D eigenvalue weighted by atomic mass is 16.5. The van der Waals surface area contributed by atoms with E-state index in [-0.39, 0.29) is 17.9 Å². The topological polar surface area (TPSA) is 84.8 Å². The van der Waals surface area contributed by atoms with E-state index < -0.39 is 0 Å². The molecule has 2 aromatic heterocycles. The minimum absolute atomic E-state index is 0.00404. The monoisotopic (exact) mass is 339 g/mol. The summed E-state index contributed by atoms with van der Waals surface area (Å²) in [4.78, 5) is 12.5. The van der Waals surface area contributed by atoms with Crippen LogP contribution in [0.5, 0.6) is 0 Å². The molecule has 2 N–H and O–H groups in total. The number of hydrogen-bond acceptors (Lipinski definition) is 4. The van der Waals surface area contributed by atoms with E-state index in [4.69, 9.17) is 4.74 Å². The average molecular weight is 339 g/mol. The lowest BCUT2D eigenvalue weighted by atomic mass is 9.81. The lowest BCUT2D eigenvalue weighted by Crippen LogP contribution is -2.39. The number of rotatable bonds is 5. The third kappa shape index (κ3) is 2.80. The molecule has 7 heteroatoms. The summed E-state index contributed by atoms with van der Waals surface area (Å²) in [7, 11) is 1.85. The number of carbonyl (C=O) groups is 1. The van der Waals surface area contributed by atoms with Crippen LogP contribution in [0.25, 0.3) is 22.3 Å². The molecule has 130 valence electrons. The van der Waals surface area contributed by atoms with Crippen molar-refractivity contribution in [3.63, 3.8) is 0 Å². The van der Waals surface area contributed by atoms with E-state index in [1.807, 2.05) is 44.3 Å². The van der Waals surface area contributed by atoms with Gasteiger partial charge in [0, 0.05) is 25.1 Å². The van der Waals surface area contributed by atoms with Crippen LogP contribution in [-0.4, -0.2) is 38.6 Å². The van der Waals surface area contributed by atoms with Crippen molar-refractivity contribution in [2.24, 2.45) is 13.0 Å². The van der Waals surface area contributed by atoms with Crippen LogP contribution in [0.1, 0.15) is 19.8 Å². The zero-order valence-electron chi connectivity index (χ0n) is 14.3. The van der Waals surface area contributed by atoms with Crippen molar-refractivity contribution in [1.82, 2.24) is 20.0 Å². The number of aromatic nitrogens is 4. The largest absolute Gasteiger partial charge is 0.378 e. The summed E-state index contributed by atoms with van der Waals surface area (Å²) in [5.41, 5.74) is 2.52. The summed E-state index contributed by atoms with van der Waals surface area (Å²) >= 11 is 0. The van der Waals surface area contributed by atoms with Gasteiger partial charge in [-0.2, -0.15) is 10.2 Å². The van der Waals surface area contributed by atoms with Crippen molar-refractivity contribution in [3.8, 4) is 11.3 Å². The Hall–Kier alpha value is -2.67. The van der Waals surface area contributed by atoms with Gasteiger partial charge < -0.3 is 10.1 Å². The SMILES string of the molecule is CCOC1CC(C(=O)Nc2[nH]nc3c2c(-c2ccccc2)nn3C)C1. The van der Waals surface area contributed by atoms with Crippen LogP contribution in [0.2, 0.25) is 0 Å². The molecule has 1 fully saturated rings. The fraction of sp³-hybridized carbons (Fsp3) is 0.389. The van der Waals surface area contributed by atoms with Crippen molar-refractivity contribution in [2.75, 3.05) is 11.9 Å². The maximum atomic E-state index is 12.5. The fourth-order valence-corrected chi connectivity index (χ4v) is 3.30. The standard InChI is InChI=1S/C18H21N5O2/c1-3-25-13-9-12(10-13)18(24)19-16-14-15(11-7-5-4-6-8-11)22-23(2)17(14)21-20-16/h4-8,12-13H,3,9-10H2,1-2H3,(H2,19,20,21,24). The lowest BCUT2D eigenvalue weighted by molar-refractivity contribution is -0.128. The van der Waals surface area contributed by atoms with E-state index in [2.05, 4.69) is 20.6 Å². The number of carbonyl (C=O) groups excluding carboxylic acids is 1. The number of nitrogens with zero attached hydrogens (tertiary/aromatic N) is 3. The molecule has 0 radical (unpaired) electrons. The second-order valence-electron chi connectivity index (χ2n) is 6.37. The molecule has 25 heavy (non-hydrogen) atoms. The Balaban J connectivity index is 1.60. The number of H-pyrrole nitrogens is 1. The molecule has 1 saturated carbocycles. The number of benzene rings is 1. The molecule has 0 aliphatic heterocycles. The molecule has 0 atom stereocenters. The van der Waals surface area contributed by atoms with Crippen LogP contribution in [0.3, 0.4) is 0 Å². The first-order valence-corrected chi connectivity index (χ1v) is 8.56. The highest BCUT2D eigenvalue weighted by Gasteiger charge is 2.35. The predicted molar refractivity (Wildman–Crippen MR) is 95.1 cm³/mol. The summed E-state index contributed by atoms with van der Waals surface area (Å²) in [6.07, 6.45) is 1.76. The first-order chi connectivity index (χ1) is 12.2. The quantitative estimate of drug-likeness (QED) is 0.748. The third-order valence-electron chi connectivity index (χ3n) is 4.70. The Morgan fingerprint density at radius 1 is 1.36 bits per heavy atom. The van der Waals surface area contributed by atoms with Crippen molar-refractivity contribution < 1.29 is 9.53 Å². The predicted octanol–water partition coefficient (Wildman–Crippen LogP) is 2.72.